The Morgan fingerprint density at radius 2 is 2.23 bits per heavy atom. The summed E-state index contributed by atoms with van der Waals surface area (Å²) >= 11 is 0. The van der Waals surface area contributed by atoms with Crippen LogP contribution in [-0.2, 0) is 4.79 Å². The van der Waals surface area contributed by atoms with E-state index in [1.165, 1.54) is 0 Å². The number of hydrogen-bond donors (Lipinski definition) is 2. The topological polar surface area (TPSA) is 58.4 Å². The maximum absolute atomic E-state index is 11.3. The first-order valence-corrected chi connectivity index (χ1v) is 4.76. The lowest BCUT2D eigenvalue weighted by Gasteiger charge is -2.35. The monoisotopic (exact) mass is 185 g/mol. The predicted octanol–water partition coefficient (Wildman–Crippen LogP) is 0.239. The average Bonchev–Trinajstić information content (AvgIpc) is 2.42. The molecule has 0 saturated carbocycles. The minimum Gasteiger partial charge on any atom is -0.293 e. The fourth-order valence-corrected chi connectivity index (χ4v) is 2.11. The molecule has 0 aromatic heterocycles. The number of nitrogens with two attached hydrogens (primary N) is 1. The second-order valence-electron chi connectivity index (χ2n) is 4.29. The summed E-state index contributed by atoms with van der Waals surface area (Å²) in [5.74, 6) is 5.00. The van der Waals surface area contributed by atoms with E-state index in [9.17, 15) is 4.79 Å². The summed E-state index contributed by atoms with van der Waals surface area (Å²) in [6.07, 6.45) is 2.31. The molecule has 4 nitrogen and oxygen atoms in total. The Labute approximate surface area is 79.4 Å². The number of hydrogen-bond acceptors (Lipinski definition) is 3. The standard InChI is InChI=1S/C9H19N3O/c1-7(8(13)11-10)12-6-4-5-9(12,2)3/h7H,4-6,10H2,1-3H3,(H,11,13). The van der Waals surface area contributed by atoms with Crippen LogP contribution in [-0.4, -0.2) is 28.9 Å². The number of nitrogens with one attached hydrogen (secondary N) is 1. The van der Waals surface area contributed by atoms with E-state index in [1.807, 2.05) is 6.92 Å². The van der Waals surface area contributed by atoms with Crippen LogP contribution in [0.3, 0.4) is 0 Å². The summed E-state index contributed by atoms with van der Waals surface area (Å²) < 4.78 is 0. The van der Waals surface area contributed by atoms with E-state index in [1.54, 1.807) is 0 Å². The number of rotatable bonds is 2. The highest BCUT2D eigenvalue weighted by Gasteiger charge is 2.37. The molecule has 1 aliphatic rings. The van der Waals surface area contributed by atoms with Gasteiger partial charge in [0.1, 0.15) is 0 Å². The van der Waals surface area contributed by atoms with Gasteiger partial charge in [0.05, 0.1) is 6.04 Å². The van der Waals surface area contributed by atoms with Gasteiger partial charge in [-0.25, -0.2) is 5.84 Å². The van der Waals surface area contributed by atoms with Crippen LogP contribution in [0.5, 0.6) is 0 Å². The van der Waals surface area contributed by atoms with Crippen molar-refractivity contribution in [1.82, 2.24) is 10.3 Å². The molecule has 1 atom stereocenters. The molecule has 1 aliphatic heterocycles. The van der Waals surface area contributed by atoms with Gasteiger partial charge in [-0.05, 0) is 40.2 Å². The van der Waals surface area contributed by atoms with Crippen LogP contribution >= 0.6 is 0 Å². The highest BCUT2D eigenvalue weighted by Crippen LogP contribution is 2.29. The van der Waals surface area contributed by atoms with Gasteiger partial charge in [-0.2, -0.15) is 0 Å². The van der Waals surface area contributed by atoms with Crippen molar-refractivity contribution < 1.29 is 4.79 Å². The zero-order chi connectivity index (χ0) is 10.1. The summed E-state index contributed by atoms with van der Waals surface area (Å²) in [7, 11) is 0. The van der Waals surface area contributed by atoms with Crippen LogP contribution in [0.15, 0.2) is 0 Å². The second kappa shape index (κ2) is 3.64. The Bertz CT molecular complexity index is 203. The van der Waals surface area contributed by atoms with E-state index in [2.05, 4.69) is 24.2 Å². The third-order valence-electron chi connectivity index (χ3n) is 2.95. The Morgan fingerprint density at radius 3 is 2.62 bits per heavy atom. The molecule has 4 heteroatoms. The first kappa shape index (κ1) is 10.5. The third-order valence-corrected chi connectivity index (χ3v) is 2.95. The number of likely N-dealkylation sites (tertiary alicyclic amines) is 1. The first-order chi connectivity index (χ1) is 5.99. The molecule has 0 aromatic rings. The third kappa shape index (κ3) is 2.00. The van der Waals surface area contributed by atoms with Gasteiger partial charge in [0.2, 0.25) is 0 Å². The fraction of sp³-hybridized carbons (Fsp3) is 0.889. The quantitative estimate of drug-likeness (QED) is 0.368. The molecule has 1 amide bonds. The molecule has 0 spiro atoms. The van der Waals surface area contributed by atoms with E-state index in [-0.39, 0.29) is 17.5 Å². The van der Waals surface area contributed by atoms with Crippen LogP contribution in [0.25, 0.3) is 0 Å². The van der Waals surface area contributed by atoms with Gasteiger partial charge >= 0.3 is 0 Å². The van der Waals surface area contributed by atoms with Gasteiger partial charge in [0.25, 0.3) is 5.91 Å². The van der Waals surface area contributed by atoms with Gasteiger partial charge < -0.3 is 0 Å². The lowest BCUT2D eigenvalue weighted by molar-refractivity contribution is -0.127. The smallest absolute Gasteiger partial charge is 0.250 e. The Hall–Kier alpha value is -0.610. The van der Waals surface area contributed by atoms with Gasteiger partial charge in [-0.1, -0.05) is 0 Å². The molecule has 1 heterocycles. The highest BCUT2D eigenvalue weighted by atomic mass is 16.2. The van der Waals surface area contributed by atoms with E-state index < -0.39 is 0 Å². The molecule has 1 fully saturated rings. The summed E-state index contributed by atoms with van der Waals surface area (Å²) in [5, 5.41) is 0. The molecule has 0 aromatic carbocycles. The number of amides is 1. The summed E-state index contributed by atoms with van der Waals surface area (Å²) in [6.45, 7) is 7.22. The Morgan fingerprint density at radius 1 is 1.62 bits per heavy atom. The second-order valence-corrected chi connectivity index (χ2v) is 4.29. The minimum absolute atomic E-state index is 0.102. The van der Waals surface area contributed by atoms with Crippen molar-refractivity contribution in [2.75, 3.05) is 6.54 Å². The van der Waals surface area contributed by atoms with E-state index >= 15 is 0 Å². The summed E-state index contributed by atoms with van der Waals surface area (Å²) in [4.78, 5) is 13.5. The van der Waals surface area contributed by atoms with E-state index in [0.29, 0.717) is 0 Å². The normalized spacial score (nSPS) is 24.3. The lowest BCUT2D eigenvalue weighted by Crippen LogP contribution is -2.52. The first-order valence-electron chi connectivity index (χ1n) is 4.76. The molecule has 1 saturated heterocycles. The van der Waals surface area contributed by atoms with Crippen molar-refractivity contribution >= 4 is 5.91 Å². The Balaban J connectivity index is 2.66. The highest BCUT2D eigenvalue weighted by molar-refractivity contribution is 5.80. The van der Waals surface area contributed by atoms with Crippen molar-refractivity contribution in [3.8, 4) is 0 Å². The van der Waals surface area contributed by atoms with Gasteiger partial charge in [0.15, 0.2) is 0 Å². The van der Waals surface area contributed by atoms with E-state index in [0.717, 1.165) is 19.4 Å². The maximum atomic E-state index is 11.3. The lowest BCUT2D eigenvalue weighted by atomic mass is 10.0. The summed E-state index contributed by atoms with van der Waals surface area (Å²) in [6, 6.07) is -0.123. The van der Waals surface area contributed by atoms with Crippen LogP contribution in [0.1, 0.15) is 33.6 Å². The van der Waals surface area contributed by atoms with Crippen LogP contribution < -0.4 is 11.3 Å². The zero-order valence-corrected chi connectivity index (χ0v) is 8.63. The van der Waals surface area contributed by atoms with Gasteiger partial charge in [-0.3, -0.25) is 15.1 Å². The molecule has 1 rings (SSSR count). The molecular weight excluding hydrogens is 166 g/mol. The number of carbonyl (C=O) groups excluding carboxylic acids is 1. The van der Waals surface area contributed by atoms with Gasteiger partial charge in [0, 0.05) is 5.54 Å². The molecule has 1 unspecified atom stereocenters. The predicted molar refractivity (Wildman–Crippen MR) is 51.8 cm³/mol. The molecule has 3 N–H and O–H groups in total. The summed E-state index contributed by atoms with van der Waals surface area (Å²) in [5.41, 5.74) is 2.33. The van der Waals surface area contributed by atoms with Crippen molar-refractivity contribution in [2.45, 2.75) is 45.2 Å². The van der Waals surface area contributed by atoms with Crippen LogP contribution in [0, 0.1) is 0 Å². The largest absolute Gasteiger partial charge is 0.293 e. The number of carbonyl (C=O) groups is 1. The molecule has 0 bridgehead atoms. The van der Waals surface area contributed by atoms with Crippen molar-refractivity contribution in [3.05, 3.63) is 0 Å². The fourth-order valence-electron chi connectivity index (χ4n) is 2.11. The molecular formula is C9H19N3O. The average molecular weight is 185 g/mol. The van der Waals surface area contributed by atoms with Crippen molar-refractivity contribution in [3.63, 3.8) is 0 Å². The SMILES string of the molecule is CC(C(=O)NN)N1CCCC1(C)C. The molecule has 13 heavy (non-hydrogen) atoms. The van der Waals surface area contributed by atoms with Crippen molar-refractivity contribution in [2.24, 2.45) is 5.84 Å². The minimum atomic E-state index is -0.123. The van der Waals surface area contributed by atoms with Gasteiger partial charge in [-0.15, -0.1) is 0 Å². The number of nitrogens with zero attached hydrogens (tertiary/aromatic N) is 1. The van der Waals surface area contributed by atoms with Crippen molar-refractivity contribution in [1.29, 1.82) is 0 Å². The van der Waals surface area contributed by atoms with Crippen LogP contribution in [0.4, 0.5) is 0 Å². The molecule has 0 aliphatic carbocycles. The van der Waals surface area contributed by atoms with E-state index in [4.69, 9.17) is 5.84 Å². The molecule has 0 radical (unpaired) electrons. The number of hydrazine groups is 1. The zero-order valence-electron chi connectivity index (χ0n) is 8.63. The molecule has 76 valence electrons. The maximum Gasteiger partial charge on any atom is 0.250 e. The van der Waals surface area contributed by atoms with Crippen LogP contribution in [0.2, 0.25) is 0 Å². The Kier molecular flexibility index (Phi) is 2.93.